The van der Waals surface area contributed by atoms with Crippen molar-refractivity contribution in [1.29, 1.82) is 0 Å². The number of rotatable bonds is 4. The van der Waals surface area contributed by atoms with Crippen LogP contribution in [0, 0.1) is 17.8 Å². The summed E-state index contributed by atoms with van der Waals surface area (Å²) in [5.74, 6) is 2.69. The first kappa shape index (κ1) is 10.8. The Bertz CT molecular complexity index is 169. The van der Waals surface area contributed by atoms with Crippen LogP contribution in [0.1, 0.15) is 52.9 Å². The van der Waals surface area contributed by atoms with E-state index in [1.165, 1.54) is 37.7 Å². The molecule has 0 aromatic rings. The number of hydrogen-bond acceptors (Lipinski definition) is 0. The van der Waals surface area contributed by atoms with Crippen LogP contribution >= 0.6 is 0 Å². The molecule has 76 valence electrons. The van der Waals surface area contributed by atoms with E-state index in [1.807, 2.05) is 0 Å². The van der Waals surface area contributed by atoms with E-state index in [4.69, 9.17) is 0 Å². The molecule has 0 saturated heterocycles. The van der Waals surface area contributed by atoms with E-state index in [0.717, 1.165) is 17.8 Å². The molecule has 3 atom stereocenters. The minimum absolute atomic E-state index is 0.835. The van der Waals surface area contributed by atoms with E-state index in [2.05, 4.69) is 27.4 Å². The van der Waals surface area contributed by atoms with Crippen molar-refractivity contribution in [2.45, 2.75) is 52.9 Å². The van der Waals surface area contributed by atoms with Gasteiger partial charge in [0.05, 0.1) is 0 Å². The van der Waals surface area contributed by atoms with Crippen molar-refractivity contribution in [3.8, 4) is 0 Å². The minimum atomic E-state index is 0.835. The Morgan fingerprint density at radius 1 is 1.46 bits per heavy atom. The molecule has 13 heavy (non-hydrogen) atoms. The molecule has 1 aliphatic carbocycles. The monoisotopic (exact) mass is 180 g/mol. The molecule has 0 bridgehead atoms. The van der Waals surface area contributed by atoms with Crippen LogP contribution in [0.15, 0.2) is 12.2 Å². The van der Waals surface area contributed by atoms with Crippen LogP contribution in [0.4, 0.5) is 0 Å². The first-order chi connectivity index (χ1) is 6.16. The topological polar surface area (TPSA) is 0 Å². The fraction of sp³-hybridized carbons (Fsp3) is 0.846. The molecule has 0 heteroatoms. The van der Waals surface area contributed by atoms with Gasteiger partial charge in [-0.15, -0.1) is 0 Å². The Morgan fingerprint density at radius 3 is 2.69 bits per heavy atom. The van der Waals surface area contributed by atoms with E-state index in [0.29, 0.717) is 0 Å². The molecule has 0 heterocycles. The van der Waals surface area contributed by atoms with Gasteiger partial charge in [0, 0.05) is 0 Å². The van der Waals surface area contributed by atoms with Crippen molar-refractivity contribution >= 4 is 0 Å². The minimum Gasteiger partial charge on any atom is -0.0999 e. The molecular formula is C13H24. The van der Waals surface area contributed by atoms with Crippen molar-refractivity contribution in [2.75, 3.05) is 0 Å². The molecule has 1 aliphatic rings. The van der Waals surface area contributed by atoms with Crippen LogP contribution in [0.5, 0.6) is 0 Å². The van der Waals surface area contributed by atoms with Crippen molar-refractivity contribution in [2.24, 2.45) is 17.8 Å². The fourth-order valence-electron chi connectivity index (χ4n) is 2.95. The van der Waals surface area contributed by atoms with Gasteiger partial charge in [-0.2, -0.15) is 0 Å². The van der Waals surface area contributed by atoms with E-state index in [9.17, 15) is 0 Å². The summed E-state index contributed by atoms with van der Waals surface area (Å²) >= 11 is 0. The van der Waals surface area contributed by atoms with Crippen LogP contribution in [0.25, 0.3) is 0 Å². The van der Waals surface area contributed by atoms with Gasteiger partial charge in [0.15, 0.2) is 0 Å². The second-order valence-corrected chi connectivity index (χ2v) is 4.81. The standard InChI is InChI=1S/C13H24/c1-5-7-11(4)13-9-6-8-12(13)10(2)3/h11-13H,2,5-9H2,1,3-4H3. The van der Waals surface area contributed by atoms with E-state index in [-0.39, 0.29) is 0 Å². The molecule has 0 spiro atoms. The molecule has 3 unspecified atom stereocenters. The Balaban J connectivity index is 2.52. The lowest BCUT2D eigenvalue weighted by Crippen LogP contribution is -2.17. The normalized spacial score (nSPS) is 30.4. The molecule has 1 saturated carbocycles. The molecule has 0 aromatic heterocycles. The highest BCUT2D eigenvalue weighted by Gasteiger charge is 2.30. The second kappa shape index (κ2) is 4.83. The average molecular weight is 180 g/mol. The summed E-state index contributed by atoms with van der Waals surface area (Å²) in [6.45, 7) is 11.1. The zero-order valence-corrected chi connectivity index (χ0v) is 9.47. The van der Waals surface area contributed by atoms with Gasteiger partial charge >= 0.3 is 0 Å². The third kappa shape index (κ3) is 2.59. The summed E-state index contributed by atoms with van der Waals surface area (Å²) in [5, 5.41) is 0. The maximum atomic E-state index is 4.13. The van der Waals surface area contributed by atoms with Crippen molar-refractivity contribution in [3.63, 3.8) is 0 Å². The van der Waals surface area contributed by atoms with Crippen molar-refractivity contribution in [3.05, 3.63) is 12.2 Å². The Labute approximate surface area is 83.4 Å². The second-order valence-electron chi connectivity index (χ2n) is 4.81. The SMILES string of the molecule is C=C(C)C1CCCC1C(C)CCC. The predicted octanol–water partition coefficient (Wildman–Crippen LogP) is 4.42. The van der Waals surface area contributed by atoms with Crippen molar-refractivity contribution < 1.29 is 0 Å². The maximum Gasteiger partial charge on any atom is -0.0178 e. The van der Waals surface area contributed by atoms with Crippen LogP contribution < -0.4 is 0 Å². The van der Waals surface area contributed by atoms with Crippen LogP contribution in [-0.2, 0) is 0 Å². The lowest BCUT2D eigenvalue weighted by atomic mass is 9.80. The van der Waals surface area contributed by atoms with E-state index >= 15 is 0 Å². The molecule has 0 N–H and O–H groups in total. The van der Waals surface area contributed by atoms with Gasteiger partial charge in [-0.25, -0.2) is 0 Å². The molecule has 0 aromatic carbocycles. The summed E-state index contributed by atoms with van der Waals surface area (Å²) in [5.41, 5.74) is 1.42. The van der Waals surface area contributed by atoms with Crippen molar-refractivity contribution in [1.82, 2.24) is 0 Å². The maximum absolute atomic E-state index is 4.13. The third-order valence-electron chi connectivity index (χ3n) is 3.68. The first-order valence-electron chi connectivity index (χ1n) is 5.82. The highest BCUT2D eigenvalue weighted by atomic mass is 14.4. The summed E-state index contributed by atoms with van der Waals surface area (Å²) in [7, 11) is 0. The summed E-state index contributed by atoms with van der Waals surface area (Å²) in [4.78, 5) is 0. The zero-order chi connectivity index (χ0) is 9.84. The quantitative estimate of drug-likeness (QED) is 0.562. The van der Waals surface area contributed by atoms with Gasteiger partial charge < -0.3 is 0 Å². The molecule has 1 rings (SSSR count). The summed E-state index contributed by atoms with van der Waals surface area (Å²) < 4.78 is 0. The average Bonchev–Trinajstić information content (AvgIpc) is 2.52. The lowest BCUT2D eigenvalue weighted by Gasteiger charge is -2.25. The molecule has 0 radical (unpaired) electrons. The van der Waals surface area contributed by atoms with Gasteiger partial charge in [-0.1, -0.05) is 45.3 Å². The molecule has 1 fully saturated rings. The van der Waals surface area contributed by atoms with Gasteiger partial charge in [-0.05, 0) is 37.5 Å². The van der Waals surface area contributed by atoms with Gasteiger partial charge in [-0.3, -0.25) is 0 Å². The first-order valence-corrected chi connectivity index (χ1v) is 5.82. The number of allylic oxidation sites excluding steroid dienone is 1. The van der Waals surface area contributed by atoms with E-state index < -0.39 is 0 Å². The zero-order valence-electron chi connectivity index (χ0n) is 9.47. The fourth-order valence-corrected chi connectivity index (χ4v) is 2.95. The molecule has 0 nitrogen and oxygen atoms in total. The Morgan fingerprint density at radius 2 is 2.15 bits per heavy atom. The van der Waals surface area contributed by atoms with Gasteiger partial charge in [0.2, 0.25) is 0 Å². The summed E-state index contributed by atoms with van der Waals surface area (Å²) in [6, 6.07) is 0. The van der Waals surface area contributed by atoms with Gasteiger partial charge in [0.25, 0.3) is 0 Å². The molecule has 0 aliphatic heterocycles. The molecular weight excluding hydrogens is 156 g/mol. The van der Waals surface area contributed by atoms with Crippen LogP contribution in [0.3, 0.4) is 0 Å². The summed E-state index contributed by atoms with van der Waals surface area (Å²) in [6.07, 6.45) is 7.00. The molecule has 0 amide bonds. The largest absolute Gasteiger partial charge is 0.0999 e. The van der Waals surface area contributed by atoms with Gasteiger partial charge in [0.1, 0.15) is 0 Å². The number of hydrogen-bond donors (Lipinski definition) is 0. The van der Waals surface area contributed by atoms with Crippen LogP contribution in [-0.4, -0.2) is 0 Å². The lowest BCUT2D eigenvalue weighted by molar-refractivity contribution is 0.289. The highest BCUT2D eigenvalue weighted by molar-refractivity contribution is 5.02. The smallest absolute Gasteiger partial charge is 0.0178 e. The predicted molar refractivity (Wildman–Crippen MR) is 59.7 cm³/mol. The van der Waals surface area contributed by atoms with Crippen LogP contribution in [0.2, 0.25) is 0 Å². The Kier molecular flexibility index (Phi) is 4.02. The Hall–Kier alpha value is -0.260. The third-order valence-corrected chi connectivity index (χ3v) is 3.68. The van der Waals surface area contributed by atoms with E-state index in [1.54, 1.807) is 0 Å². The highest BCUT2D eigenvalue weighted by Crippen LogP contribution is 2.41.